The van der Waals surface area contributed by atoms with Crippen LogP contribution < -0.4 is 24.8 Å². The average molecular weight is 569 g/mol. The first-order valence-corrected chi connectivity index (χ1v) is 13.3. The van der Waals surface area contributed by atoms with Crippen LogP contribution >= 0.6 is 0 Å². The Labute approximate surface area is 234 Å². The number of benzene rings is 3. The van der Waals surface area contributed by atoms with E-state index in [-0.39, 0.29) is 24.8 Å². The first kappa shape index (κ1) is 30.8. The molecule has 0 fully saturated rings. The molecule has 3 aromatic carbocycles. The van der Waals surface area contributed by atoms with Crippen LogP contribution in [0.2, 0.25) is 0 Å². The molecular weight excluding hydrogens is 534 g/mol. The maximum Gasteiger partial charge on any atom is -0.0246 e. The second-order valence-corrected chi connectivity index (χ2v) is 10.1. The van der Waals surface area contributed by atoms with Crippen molar-refractivity contribution in [3.8, 4) is 11.1 Å². The maximum absolute atomic E-state index is 3.39. The third-order valence-corrected chi connectivity index (χ3v) is 7.10. The maximum atomic E-state index is 3.39. The van der Waals surface area contributed by atoms with Gasteiger partial charge in [0.15, 0.2) is 0 Å². The normalized spacial score (nSPS) is 11.8. The predicted molar refractivity (Wildman–Crippen MR) is 137 cm³/mol. The molecule has 0 N–H and O–H groups in total. The summed E-state index contributed by atoms with van der Waals surface area (Å²) in [7, 11) is 0. The van der Waals surface area contributed by atoms with Gasteiger partial charge in [0.05, 0.1) is 0 Å². The van der Waals surface area contributed by atoms with E-state index in [1.807, 2.05) is 18.2 Å². The van der Waals surface area contributed by atoms with E-state index in [1.165, 1.54) is 71.6 Å². The second kappa shape index (κ2) is 17.2. The molecule has 5 rings (SSSR count). The molecule has 3 heteroatoms. The molecule has 0 bridgehead atoms. The molecule has 0 radical (unpaired) electrons. The van der Waals surface area contributed by atoms with E-state index in [9.17, 15) is 0 Å². The van der Waals surface area contributed by atoms with Crippen LogP contribution in [0.15, 0.2) is 72.8 Å². The van der Waals surface area contributed by atoms with Crippen LogP contribution in [0.4, 0.5) is 0 Å². The molecule has 0 aliphatic heterocycles. The van der Waals surface area contributed by atoms with Crippen molar-refractivity contribution in [3.05, 3.63) is 96.1 Å². The fourth-order valence-corrected chi connectivity index (χ4v) is 4.94. The van der Waals surface area contributed by atoms with Crippen molar-refractivity contribution in [3.63, 3.8) is 0 Å². The quantitative estimate of drug-likeness (QED) is 0.314. The van der Waals surface area contributed by atoms with Crippen LogP contribution in [-0.4, -0.2) is 3.21 Å². The van der Waals surface area contributed by atoms with Crippen molar-refractivity contribution >= 4 is 14.0 Å². The Morgan fingerprint density at radius 1 is 0.882 bits per heavy atom. The molecule has 0 aromatic heterocycles. The minimum absolute atomic E-state index is 0. The zero-order chi connectivity index (χ0) is 22.6. The van der Waals surface area contributed by atoms with Crippen LogP contribution in [0, 0.1) is 12.1 Å². The Morgan fingerprint density at radius 3 is 2.24 bits per heavy atom. The van der Waals surface area contributed by atoms with Crippen molar-refractivity contribution in [1.29, 1.82) is 0 Å². The summed E-state index contributed by atoms with van der Waals surface area (Å²) in [6.07, 6.45) is 19.4. The SMILES string of the molecule is CCCC[C](=[Zr+2])CCCC.[C-]1=CC=CC1.[Cl-].[Cl-].[c-]1cccc2ccc3c(c12)Cc1ccccc1-3. The van der Waals surface area contributed by atoms with Gasteiger partial charge in [-0.25, -0.2) is 12.2 Å². The number of allylic oxidation sites excluding steroid dienone is 4. The van der Waals surface area contributed by atoms with Crippen molar-refractivity contribution < 1.29 is 49.0 Å². The van der Waals surface area contributed by atoms with Gasteiger partial charge in [-0.3, -0.25) is 6.08 Å². The van der Waals surface area contributed by atoms with Gasteiger partial charge in [-0.05, 0) is 17.5 Å². The van der Waals surface area contributed by atoms with Crippen LogP contribution in [0.5, 0.6) is 0 Å². The Balaban J connectivity index is 0.000000293. The molecule has 3 aromatic rings. The van der Waals surface area contributed by atoms with E-state index in [1.54, 1.807) is 27.4 Å². The molecule has 2 aliphatic carbocycles. The van der Waals surface area contributed by atoms with Gasteiger partial charge in [-0.15, -0.1) is 47.0 Å². The van der Waals surface area contributed by atoms with Gasteiger partial charge in [0.1, 0.15) is 0 Å². The van der Waals surface area contributed by atoms with E-state index in [0.29, 0.717) is 0 Å². The molecule has 0 saturated carbocycles. The largest absolute Gasteiger partial charge is 1.00 e. The van der Waals surface area contributed by atoms with E-state index in [4.69, 9.17) is 0 Å². The monoisotopic (exact) mass is 566 g/mol. The van der Waals surface area contributed by atoms with Crippen molar-refractivity contribution in [2.45, 2.75) is 65.2 Å². The minimum atomic E-state index is 0. The summed E-state index contributed by atoms with van der Waals surface area (Å²) >= 11 is 1.67. The van der Waals surface area contributed by atoms with E-state index < -0.39 is 0 Å². The molecular formula is C31H34Cl2Zr-2. The third kappa shape index (κ3) is 9.07. The second-order valence-electron chi connectivity index (χ2n) is 8.37. The number of rotatable bonds is 6. The number of hydrogen-bond acceptors (Lipinski definition) is 0. The molecule has 178 valence electrons. The number of fused-ring (bicyclic) bond motifs is 5. The number of unbranched alkanes of at least 4 members (excludes halogenated alkanes) is 2. The smallest absolute Gasteiger partial charge is 0.0246 e. The first-order chi connectivity index (χ1) is 15.7. The van der Waals surface area contributed by atoms with E-state index >= 15 is 0 Å². The Hall–Kier alpha value is -1.27. The summed E-state index contributed by atoms with van der Waals surface area (Å²) in [6, 6.07) is 22.7. The molecule has 0 unspecified atom stereocenters. The third-order valence-electron chi connectivity index (χ3n) is 5.87. The molecule has 34 heavy (non-hydrogen) atoms. The summed E-state index contributed by atoms with van der Waals surface area (Å²) in [5.41, 5.74) is 5.65. The summed E-state index contributed by atoms with van der Waals surface area (Å²) in [4.78, 5) is 0. The summed E-state index contributed by atoms with van der Waals surface area (Å²) in [6.45, 7) is 4.53. The molecule has 0 saturated heterocycles. The fraction of sp³-hybridized carbons (Fsp3) is 0.323. The molecule has 0 atom stereocenters. The first-order valence-electron chi connectivity index (χ1n) is 12.0. The molecule has 0 heterocycles. The number of hydrogen-bond donors (Lipinski definition) is 0. The molecule has 2 aliphatic rings. The Morgan fingerprint density at radius 2 is 1.62 bits per heavy atom. The standard InChI is InChI=1S/C17H11.C9H18.C5H5.2ClH.Zr/c1-3-7-14-12(5-1)9-10-16-15-8-4-2-6-13(15)11-17(14)16;1-3-5-7-9-8-6-4-2;1-2-4-5-3-1;;;/h1-6,8-10H,11H2;3-8H2,1-2H3;1-3H,4H2;2*1H;/q-1;;-1;;;+2/p-2. The zero-order valence-electron chi connectivity index (χ0n) is 20.3. The topological polar surface area (TPSA) is 0 Å². The van der Waals surface area contributed by atoms with Gasteiger partial charge in [0.25, 0.3) is 0 Å². The van der Waals surface area contributed by atoms with Crippen molar-refractivity contribution in [2.75, 3.05) is 0 Å². The van der Waals surface area contributed by atoms with Gasteiger partial charge in [-0.1, -0.05) is 42.0 Å². The molecule has 0 nitrogen and oxygen atoms in total. The Bertz CT molecular complexity index is 1060. The average Bonchev–Trinajstić information content (AvgIpc) is 3.53. The van der Waals surface area contributed by atoms with Gasteiger partial charge in [-0.2, -0.15) is 6.08 Å². The summed E-state index contributed by atoms with van der Waals surface area (Å²) in [5, 5.41) is 2.57. The molecule has 0 amide bonds. The van der Waals surface area contributed by atoms with Crippen molar-refractivity contribution in [2.24, 2.45) is 0 Å². The molecule has 0 spiro atoms. The van der Waals surface area contributed by atoms with Gasteiger partial charge >= 0.3 is 79.8 Å². The Kier molecular flexibility index (Phi) is 15.6. The fourth-order valence-electron chi connectivity index (χ4n) is 4.07. The minimum Gasteiger partial charge on any atom is -1.00 e. The van der Waals surface area contributed by atoms with E-state index in [0.717, 1.165) is 12.8 Å². The van der Waals surface area contributed by atoms with Crippen LogP contribution in [0.25, 0.3) is 21.9 Å². The number of halogens is 2. The van der Waals surface area contributed by atoms with Crippen LogP contribution in [0.1, 0.15) is 69.9 Å². The van der Waals surface area contributed by atoms with E-state index in [2.05, 4.69) is 80.6 Å². The van der Waals surface area contributed by atoms with Crippen LogP contribution in [0.3, 0.4) is 0 Å². The van der Waals surface area contributed by atoms with Gasteiger partial charge in [0, 0.05) is 0 Å². The van der Waals surface area contributed by atoms with Crippen LogP contribution in [-0.2, 0) is 30.7 Å². The predicted octanol–water partition coefficient (Wildman–Crippen LogP) is 2.61. The van der Waals surface area contributed by atoms with Crippen molar-refractivity contribution in [1.82, 2.24) is 0 Å². The van der Waals surface area contributed by atoms with Gasteiger partial charge in [0.2, 0.25) is 0 Å². The zero-order valence-corrected chi connectivity index (χ0v) is 24.3. The summed E-state index contributed by atoms with van der Waals surface area (Å²) in [5.74, 6) is 0. The summed E-state index contributed by atoms with van der Waals surface area (Å²) < 4.78 is 1.79. The van der Waals surface area contributed by atoms with Gasteiger partial charge < -0.3 is 24.8 Å².